The molecule has 0 spiro atoms. The number of amides is 1. The minimum absolute atomic E-state index is 0.0300. The number of likely N-dealkylation sites (N-methyl/N-ethyl adjacent to an activating group) is 1. The van der Waals surface area contributed by atoms with Gasteiger partial charge in [-0.1, -0.05) is 34.1 Å². The summed E-state index contributed by atoms with van der Waals surface area (Å²) in [5, 5.41) is 0. The molecule has 4 nitrogen and oxygen atoms in total. The fourth-order valence-electron chi connectivity index (χ4n) is 1.80. The summed E-state index contributed by atoms with van der Waals surface area (Å²) in [7, 11) is 1.72. The van der Waals surface area contributed by atoms with E-state index in [-0.39, 0.29) is 12.5 Å². The van der Waals surface area contributed by atoms with Gasteiger partial charge in [-0.25, -0.2) is 0 Å². The van der Waals surface area contributed by atoms with Crippen molar-refractivity contribution in [2.75, 3.05) is 24.3 Å². The maximum Gasteiger partial charge on any atom is 0.252 e. The van der Waals surface area contributed by atoms with Crippen molar-refractivity contribution in [3.63, 3.8) is 0 Å². The summed E-state index contributed by atoms with van der Waals surface area (Å²) in [6, 6.07) is 14.9. The predicted molar refractivity (Wildman–Crippen MR) is 88.1 cm³/mol. The highest BCUT2D eigenvalue weighted by Gasteiger charge is 2.11. The number of anilines is 2. The fraction of sp³-hybridized carbons (Fsp3) is 0.188. The molecule has 2 aromatic rings. The number of rotatable bonds is 5. The summed E-state index contributed by atoms with van der Waals surface area (Å²) in [6.45, 7) is 0.422. The van der Waals surface area contributed by atoms with Crippen LogP contribution in [0.2, 0.25) is 0 Å². The molecule has 2 rings (SSSR count). The van der Waals surface area contributed by atoms with Gasteiger partial charge in [-0.2, -0.15) is 0 Å². The number of carbonyl (C=O) groups is 1. The molecule has 2 N–H and O–H groups in total. The molecule has 0 saturated carbocycles. The first kappa shape index (κ1) is 15.5. The molecule has 1 amide bonds. The van der Waals surface area contributed by atoms with Crippen LogP contribution in [-0.4, -0.2) is 19.6 Å². The quantitative estimate of drug-likeness (QED) is 0.844. The van der Waals surface area contributed by atoms with E-state index in [1.165, 1.54) is 0 Å². The van der Waals surface area contributed by atoms with Crippen molar-refractivity contribution in [1.82, 2.24) is 0 Å². The van der Waals surface area contributed by atoms with Crippen LogP contribution in [0.3, 0.4) is 0 Å². The first-order valence-electron chi connectivity index (χ1n) is 6.51. The molecule has 0 unspecified atom stereocenters. The molecule has 0 saturated heterocycles. The average Bonchev–Trinajstić information content (AvgIpc) is 2.49. The smallest absolute Gasteiger partial charge is 0.252 e. The Balaban J connectivity index is 1.87. The number of halogens is 1. The Hall–Kier alpha value is -1.85. The van der Waals surface area contributed by atoms with E-state index < -0.39 is 0 Å². The number of nitrogens with zero attached hydrogens (tertiary/aromatic N) is 1. The maximum atomic E-state index is 12.1. The van der Waals surface area contributed by atoms with Gasteiger partial charge in [0.2, 0.25) is 0 Å². The lowest BCUT2D eigenvalue weighted by molar-refractivity contribution is -0.123. The summed E-state index contributed by atoms with van der Waals surface area (Å²) in [4.78, 5) is 13.6. The Morgan fingerprint density at radius 3 is 2.52 bits per heavy atom. The molecule has 0 radical (unpaired) electrons. The third-order valence-corrected chi connectivity index (χ3v) is 3.87. The summed E-state index contributed by atoms with van der Waals surface area (Å²) in [5.74, 6) is -0.105. The van der Waals surface area contributed by atoms with Gasteiger partial charge in [-0.3, -0.25) is 4.79 Å². The molecule has 0 atom stereocenters. The van der Waals surface area contributed by atoms with E-state index in [0.29, 0.717) is 12.3 Å². The Kier molecular flexibility index (Phi) is 5.36. The molecule has 5 heteroatoms. The summed E-state index contributed by atoms with van der Waals surface area (Å²) in [5.41, 5.74) is 8.10. The van der Waals surface area contributed by atoms with Gasteiger partial charge in [0.05, 0.1) is 6.61 Å². The SMILES string of the molecule is CN(C(=O)COCc1ccccc1Br)c1ccc(N)cc1. The van der Waals surface area contributed by atoms with Gasteiger partial charge < -0.3 is 15.4 Å². The number of benzene rings is 2. The molecule has 0 aliphatic heterocycles. The average molecular weight is 349 g/mol. The number of carbonyl (C=O) groups excluding carboxylic acids is 1. The summed E-state index contributed by atoms with van der Waals surface area (Å²) < 4.78 is 6.46. The van der Waals surface area contributed by atoms with Crippen molar-refractivity contribution in [2.45, 2.75) is 6.61 Å². The van der Waals surface area contributed by atoms with E-state index in [1.807, 2.05) is 24.3 Å². The van der Waals surface area contributed by atoms with Crippen LogP contribution >= 0.6 is 15.9 Å². The van der Waals surface area contributed by atoms with E-state index in [2.05, 4.69) is 15.9 Å². The van der Waals surface area contributed by atoms with Gasteiger partial charge in [0.25, 0.3) is 5.91 Å². The zero-order chi connectivity index (χ0) is 15.2. The van der Waals surface area contributed by atoms with Crippen LogP contribution in [0.1, 0.15) is 5.56 Å². The second kappa shape index (κ2) is 7.24. The van der Waals surface area contributed by atoms with E-state index in [9.17, 15) is 4.79 Å². The first-order valence-corrected chi connectivity index (χ1v) is 7.30. The van der Waals surface area contributed by atoms with Crippen LogP contribution in [0.15, 0.2) is 53.0 Å². The van der Waals surface area contributed by atoms with Gasteiger partial charge in [-0.05, 0) is 35.9 Å². The number of nitrogens with two attached hydrogens (primary N) is 1. The maximum absolute atomic E-state index is 12.1. The summed E-state index contributed by atoms with van der Waals surface area (Å²) in [6.07, 6.45) is 0. The normalized spacial score (nSPS) is 10.4. The second-order valence-electron chi connectivity index (χ2n) is 4.63. The largest absolute Gasteiger partial charge is 0.399 e. The van der Waals surface area contributed by atoms with Crippen LogP contribution in [0.4, 0.5) is 11.4 Å². The van der Waals surface area contributed by atoms with Crippen LogP contribution in [0.5, 0.6) is 0 Å². The Morgan fingerprint density at radius 1 is 1.19 bits per heavy atom. The van der Waals surface area contributed by atoms with Crippen LogP contribution in [0.25, 0.3) is 0 Å². The van der Waals surface area contributed by atoms with Gasteiger partial charge in [0, 0.05) is 22.9 Å². The number of ether oxygens (including phenoxy) is 1. The highest BCUT2D eigenvalue weighted by molar-refractivity contribution is 9.10. The topological polar surface area (TPSA) is 55.6 Å². The number of nitrogen functional groups attached to an aromatic ring is 1. The monoisotopic (exact) mass is 348 g/mol. The molecule has 2 aromatic carbocycles. The lowest BCUT2D eigenvalue weighted by Crippen LogP contribution is -2.30. The Labute approximate surface area is 132 Å². The van der Waals surface area contributed by atoms with Gasteiger partial charge in [-0.15, -0.1) is 0 Å². The molecule has 0 aliphatic rings. The van der Waals surface area contributed by atoms with Crippen LogP contribution in [0, 0.1) is 0 Å². The fourth-order valence-corrected chi connectivity index (χ4v) is 2.20. The number of hydrogen-bond acceptors (Lipinski definition) is 3. The van der Waals surface area contributed by atoms with Crippen molar-refractivity contribution in [3.8, 4) is 0 Å². The Bertz CT molecular complexity index is 614. The number of hydrogen-bond donors (Lipinski definition) is 1. The van der Waals surface area contributed by atoms with Crippen molar-refractivity contribution in [3.05, 3.63) is 58.6 Å². The minimum Gasteiger partial charge on any atom is -0.399 e. The van der Waals surface area contributed by atoms with E-state index in [4.69, 9.17) is 10.5 Å². The predicted octanol–water partition coefficient (Wildman–Crippen LogP) is 3.21. The van der Waals surface area contributed by atoms with Gasteiger partial charge in [0.1, 0.15) is 6.61 Å². The molecule has 21 heavy (non-hydrogen) atoms. The zero-order valence-corrected chi connectivity index (χ0v) is 13.3. The standard InChI is InChI=1S/C16H17BrN2O2/c1-19(14-8-6-13(18)7-9-14)16(20)11-21-10-12-4-2-3-5-15(12)17/h2-9H,10-11,18H2,1H3. The van der Waals surface area contributed by atoms with Crippen molar-refractivity contribution < 1.29 is 9.53 Å². The molecule has 0 heterocycles. The van der Waals surface area contributed by atoms with Crippen LogP contribution < -0.4 is 10.6 Å². The van der Waals surface area contributed by atoms with Gasteiger partial charge in [0.15, 0.2) is 0 Å². The molecule has 110 valence electrons. The first-order chi connectivity index (χ1) is 10.1. The van der Waals surface area contributed by atoms with Crippen molar-refractivity contribution in [1.29, 1.82) is 0 Å². The van der Waals surface area contributed by atoms with Crippen molar-refractivity contribution in [2.24, 2.45) is 0 Å². The van der Waals surface area contributed by atoms with Gasteiger partial charge >= 0.3 is 0 Å². The minimum atomic E-state index is -0.105. The third-order valence-electron chi connectivity index (χ3n) is 3.10. The third kappa shape index (κ3) is 4.31. The Morgan fingerprint density at radius 2 is 1.86 bits per heavy atom. The van der Waals surface area contributed by atoms with E-state index in [1.54, 1.807) is 36.2 Å². The highest BCUT2D eigenvalue weighted by atomic mass is 79.9. The lowest BCUT2D eigenvalue weighted by atomic mass is 10.2. The molecule has 0 aromatic heterocycles. The molecular weight excluding hydrogens is 332 g/mol. The highest BCUT2D eigenvalue weighted by Crippen LogP contribution is 2.17. The summed E-state index contributed by atoms with van der Waals surface area (Å²) >= 11 is 3.45. The lowest BCUT2D eigenvalue weighted by Gasteiger charge is -2.17. The molecule has 0 aliphatic carbocycles. The second-order valence-corrected chi connectivity index (χ2v) is 5.48. The van der Waals surface area contributed by atoms with Crippen molar-refractivity contribution >= 4 is 33.2 Å². The van der Waals surface area contributed by atoms with E-state index in [0.717, 1.165) is 15.7 Å². The van der Waals surface area contributed by atoms with E-state index >= 15 is 0 Å². The van der Waals surface area contributed by atoms with Crippen LogP contribution in [-0.2, 0) is 16.1 Å². The molecular formula is C16H17BrN2O2. The molecule has 0 bridgehead atoms. The molecule has 0 fully saturated rings. The zero-order valence-electron chi connectivity index (χ0n) is 11.8.